The average molecular weight is 447 g/mol. The first-order chi connectivity index (χ1) is 15.7. The van der Waals surface area contributed by atoms with Crippen LogP contribution in [0.25, 0.3) is 5.69 Å². The molecule has 0 aliphatic carbocycles. The molecule has 1 fully saturated rings. The molecule has 1 saturated heterocycles. The van der Waals surface area contributed by atoms with E-state index >= 15 is 0 Å². The molecule has 1 aromatic heterocycles. The third kappa shape index (κ3) is 5.18. The van der Waals surface area contributed by atoms with Crippen molar-refractivity contribution in [1.82, 2.24) is 19.7 Å². The molecule has 2 aromatic carbocycles. The number of piperidine rings is 1. The predicted octanol–water partition coefficient (Wildman–Crippen LogP) is 4.24. The van der Waals surface area contributed by atoms with E-state index in [1.54, 1.807) is 24.3 Å². The van der Waals surface area contributed by atoms with Crippen molar-refractivity contribution in [2.24, 2.45) is 0 Å². The number of aromatic nitrogens is 3. The monoisotopic (exact) mass is 446 g/mol. The van der Waals surface area contributed by atoms with Crippen LogP contribution in [-0.2, 0) is 11.3 Å². The van der Waals surface area contributed by atoms with E-state index in [2.05, 4.69) is 26.5 Å². The highest BCUT2D eigenvalue weighted by molar-refractivity contribution is 8.00. The summed E-state index contributed by atoms with van der Waals surface area (Å²) >= 11 is 1.36. The topological polar surface area (TPSA) is 86.8 Å². The van der Waals surface area contributed by atoms with Crippen molar-refractivity contribution in [2.75, 3.05) is 18.4 Å². The summed E-state index contributed by atoms with van der Waals surface area (Å²) < 4.78 is 2.05. The van der Waals surface area contributed by atoms with Crippen LogP contribution in [0.2, 0.25) is 0 Å². The Balaban J connectivity index is 1.54. The van der Waals surface area contributed by atoms with Gasteiger partial charge in [0.05, 0.1) is 23.0 Å². The first kappa shape index (κ1) is 22.1. The van der Waals surface area contributed by atoms with Crippen molar-refractivity contribution >= 4 is 23.4 Å². The van der Waals surface area contributed by atoms with E-state index in [0.29, 0.717) is 16.4 Å². The van der Waals surface area contributed by atoms with Crippen LogP contribution in [0.15, 0.2) is 59.8 Å². The Morgan fingerprint density at radius 1 is 1.09 bits per heavy atom. The number of anilines is 1. The summed E-state index contributed by atoms with van der Waals surface area (Å²) in [6.45, 7) is 4.71. The number of para-hydroxylation sites is 2. The predicted molar refractivity (Wildman–Crippen MR) is 126 cm³/mol. The Morgan fingerprint density at radius 2 is 1.81 bits per heavy atom. The summed E-state index contributed by atoms with van der Waals surface area (Å²) in [5.74, 6) is 0.695. The number of carbonyl (C=O) groups is 1. The molecule has 164 valence electrons. The number of likely N-dealkylation sites (tertiary alicyclic amines) is 1. The number of hydrogen-bond acceptors (Lipinski definition) is 6. The molecule has 0 spiro atoms. The van der Waals surface area contributed by atoms with Crippen LogP contribution in [0.5, 0.6) is 0 Å². The molecule has 3 aromatic rings. The summed E-state index contributed by atoms with van der Waals surface area (Å²) in [5, 5.41) is 21.3. The maximum Gasteiger partial charge on any atom is 0.237 e. The maximum atomic E-state index is 12.8. The normalized spacial score (nSPS) is 15.1. The van der Waals surface area contributed by atoms with E-state index in [1.807, 2.05) is 41.8 Å². The molecule has 2 heterocycles. The maximum absolute atomic E-state index is 12.8. The van der Waals surface area contributed by atoms with Crippen LogP contribution in [0.3, 0.4) is 0 Å². The lowest BCUT2D eigenvalue weighted by Gasteiger charge is -2.26. The van der Waals surface area contributed by atoms with Gasteiger partial charge in [0.15, 0.2) is 11.0 Å². The highest BCUT2D eigenvalue weighted by Crippen LogP contribution is 2.28. The van der Waals surface area contributed by atoms with Crippen molar-refractivity contribution in [3.05, 3.63) is 66.0 Å². The molecule has 32 heavy (non-hydrogen) atoms. The first-order valence-corrected chi connectivity index (χ1v) is 11.7. The smallest absolute Gasteiger partial charge is 0.237 e. The number of nitriles is 1. The van der Waals surface area contributed by atoms with E-state index in [-0.39, 0.29) is 5.91 Å². The van der Waals surface area contributed by atoms with Crippen LogP contribution >= 0.6 is 11.8 Å². The fourth-order valence-corrected chi connectivity index (χ4v) is 4.65. The van der Waals surface area contributed by atoms with Crippen molar-refractivity contribution in [2.45, 2.75) is 43.1 Å². The van der Waals surface area contributed by atoms with Gasteiger partial charge in [-0.2, -0.15) is 5.26 Å². The van der Waals surface area contributed by atoms with Gasteiger partial charge >= 0.3 is 0 Å². The molecule has 1 atom stereocenters. The van der Waals surface area contributed by atoms with Gasteiger partial charge in [0, 0.05) is 5.69 Å². The summed E-state index contributed by atoms with van der Waals surface area (Å²) in [7, 11) is 0. The third-order valence-electron chi connectivity index (χ3n) is 5.49. The van der Waals surface area contributed by atoms with E-state index < -0.39 is 5.25 Å². The number of amides is 1. The van der Waals surface area contributed by atoms with Crippen molar-refractivity contribution in [1.29, 1.82) is 5.26 Å². The lowest BCUT2D eigenvalue weighted by molar-refractivity contribution is -0.115. The van der Waals surface area contributed by atoms with E-state index in [4.69, 9.17) is 0 Å². The van der Waals surface area contributed by atoms with Crippen molar-refractivity contribution in [3.8, 4) is 11.8 Å². The molecular formula is C24H26N6OS. The van der Waals surface area contributed by atoms with Crippen molar-refractivity contribution in [3.63, 3.8) is 0 Å². The summed E-state index contributed by atoms with van der Waals surface area (Å²) in [6, 6.07) is 19.1. The number of nitrogens with one attached hydrogen (secondary N) is 1. The van der Waals surface area contributed by atoms with Crippen LogP contribution in [-0.4, -0.2) is 43.9 Å². The molecular weight excluding hydrogens is 420 g/mol. The number of thioether (sulfide) groups is 1. The highest BCUT2D eigenvalue weighted by Gasteiger charge is 2.23. The van der Waals surface area contributed by atoms with Gasteiger partial charge in [0.2, 0.25) is 5.91 Å². The van der Waals surface area contributed by atoms with Gasteiger partial charge in [0.25, 0.3) is 0 Å². The standard InChI is InChI=1S/C24H26N6OS/c1-18(23(31)26-21-13-7-6-10-19(21)16-25)32-24-28-27-22(17-29-14-8-3-9-15-29)30(24)20-11-4-2-5-12-20/h2,4-7,10-13,18H,3,8-9,14-15,17H2,1H3,(H,26,31). The molecule has 1 N–H and O–H groups in total. The third-order valence-corrected chi connectivity index (χ3v) is 6.53. The quantitative estimate of drug-likeness (QED) is 0.546. The number of benzene rings is 2. The van der Waals surface area contributed by atoms with E-state index in [0.717, 1.165) is 31.1 Å². The molecule has 8 heteroatoms. The summed E-state index contributed by atoms with van der Waals surface area (Å²) in [5.41, 5.74) is 1.94. The number of rotatable bonds is 7. The van der Waals surface area contributed by atoms with Crippen LogP contribution in [0.4, 0.5) is 5.69 Å². The molecule has 1 unspecified atom stereocenters. The van der Waals surface area contributed by atoms with Crippen LogP contribution < -0.4 is 5.32 Å². The number of nitrogens with zero attached hydrogens (tertiary/aromatic N) is 5. The molecule has 7 nitrogen and oxygen atoms in total. The van der Waals surface area contributed by atoms with Crippen LogP contribution in [0.1, 0.15) is 37.6 Å². The summed E-state index contributed by atoms with van der Waals surface area (Å²) in [6.07, 6.45) is 3.70. The zero-order valence-electron chi connectivity index (χ0n) is 18.1. The molecule has 1 aliphatic rings. The summed E-state index contributed by atoms with van der Waals surface area (Å²) in [4.78, 5) is 15.3. The molecule has 1 amide bonds. The lowest BCUT2D eigenvalue weighted by Crippen LogP contribution is -2.30. The Morgan fingerprint density at radius 3 is 2.56 bits per heavy atom. The zero-order chi connectivity index (χ0) is 22.3. The second-order valence-electron chi connectivity index (χ2n) is 7.81. The number of hydrogen-bond donors (Lipinski definition) is 1. The van der Waals surface area contributed by atoms with E-state index in [9.17, 15) is 10.1 Å². The minimum atomic E-state index is -0.420. The minimum Gasteiger partial charge on any atom is -0.324 e. The lowest BCUT2D eigenvalue weighted by atomic mass is 10.1. The Hall–Kier alpha value is -3.15. The van der Waals surface area contributed by atoms with Gasteiger partial charge in [-0.3, -0.25) is 14.3 Å². The average Bonchev–Trinajstić information content (AvgIpc) is 3.22. The van der Waals surface area contributed by atoms with Gasteiger partial charge in [-0.15, -0.1) is 10.2 Å². The molecule has 0 saturated carbocycles. The minimum absolute atomic E-state index is 0.183. The first-order valence-electron chi connectivity index (χ1n) is 10.8. The van der Waals surface area contributed by atoms with Crippen molar-refractivity contribution < 1.29 is 4.79 Å². The second kappa shape index (κ2) is 10.4. The Bertz CT molecular complexity index is 1100. The van der Waals surface area contributed by atoms with Crippen LogP contribution in [0, 0.1) is 11.3 Å². The van der Waals surface area contributed by atoms with Gasteiger partial charge in [0.1, 0.15) is 6.07 Å². The molecule has 0 bridgehead atoms. The van der Waals surface area contributed by atoms with Gasteiger partial charge in [-0.05, 0) is 57.1 Å². The Labute approximate surface area is 192 Å². The van der Waals surface area contributed by atoms with E-state index in [1.165, 1.54) is 31.0 Å². The molecule has 0 radical (unpaired) electrons. The molecule has 4 rings (SSSR count). The van der Waals surface area contributed by atoms with Gasteiger partial charge in [-0.25, -0.2) is 0 Å². The molecule has 1 aliphatic heterocycles. The second-order valence-corrected chi connectivity index (χ2v) is 9.12. The largest absolute Gasteiger partial charge is 0.324 e. The number of carbonyl (C=O) groups excluding carboxylic acids is 1. The zero-order valence-corrected chi connectivity index (χ0v) is 18.9. The fraction of sp³-hybridized carbons (Fsp3) is 0.333. The highest BCUT2D eigenvalue weighted by atomic mass is 32.2. The Kier molecular flexibility index (Phi) is 7.20. The SMILES string of the molecule is CC(Sc1nnc(CN2CCCCC2)n1-c1ccccc1)C(=O)Nc1ccccc1C#N. The fourth-order valence-electron chi connectivity index (χ4n) is 3.77. The van der Waals surface area contributed by atoms with Gasteiger partial charge < -0.3 is 5.32 Å². The van der Waals surface area contributed by atoms with Gasteiger partial charge in [-0.1, -0.05) is 48.5 Å².